The molecule has 0 atom stereocenters. The fraction of sp³-hybridized carbons (Fsp3) is 0.455. The van der Waals surface area contributed by atoms with Gasteiger partial charge in [-0.05, 0) is 44.4 Å². The zero-order valence-corrected chi connectivity index (χ0v) is 16.5. The highest BCUT2D eigenvalue weighted by molar-refractivity contribution is 5.94. The second-order valence-electron chi connectivity index (χ2n) is 6.90. The van der Waals surface area contributed by atoms with Crippen LogP contribution in [0.1, 0.15) is 56.5 Å². The predicted octanol–water partition coefficient (Wildman–Crippen LogP) is 4.76. The molecule has 140 valence electrons. The smallest absolute Gasteiger partial charge is 0.255 e. The summed E-state index contributed by atoms with van der Waals surface area (Å²) < 4.78 is 0. The summed E-state index contributed by atoms with van der Waals surface area (Å²) in [4.78, 5) is 21.7. The molecule has 1 heterocycles. The Morgan fingerprint density at radius 2 is 1.65 bits per heavy atom. The molecule has 0 N–H and O–H groups in total. The number of hydrogen-bond donors (Lipinski definition) is 0. The second-order valence-corrected chi connectivity index (χ2v) is 6.90. The van der Waals surface area contributed by atoms with Gasteiger partial charge in [-0.15, -0.1) is 0 Å². The number of rotatable bonds is 9. The largest absolute Gasteiger partial charge is 0.357 e. The summed E-state index contributed by atoms with van der Waals surface area (Å²) >= 11 is 0. The van der Waals surface area contributed by atoms with E-state index < -0.39 is 0 Å². The van der Waals surface area contributed by atoms with Gasteiger partial charge in [0.2, 0.25) is 0 Å². The number of anilines is 1. The lowest BCUT2D eigenvalue weighted by Crippen LogP contribution is -2.36. The molecule has 1 amide bonds. The van der Waals surface area contributed by atoms with E-state index in [4.69, 9.17) is 0 Å². The molecule has 0 saturated heterocycles. The van der Waals surface area contributed by atoms with Crippen molar-refractivity contribution in [2.75, 3.05) is 18.0 Å². The van der Waals surface area contributed by atoms with E-state index in [0.717, 1.165) is 37.3 Å². The van der Waals surface area contributed by atoms with Crippen LogP contribution in [0.3, 0.4) is 0 Å². The van der Waals surface area contributed by atoms with Gasteiger partial charge in [-0.3, -0.25) is 4.79 Å². The highest BCUT2D eigenvalue weighted by Crippen LogP contribution is 2.16. The number of benzene rings is 1. The first-order chi connectivity index (χ1) is 12.6. The lowest BCUT2D eigenvalue weighted by Gasteiger charge is -2.27. The number of amides is 1. The van der Waals surface area contributed by atoms with E-state index in [1.807, 2.05) is 49.1 Å². The summed E-state index contributed by atoms with van der Waals surface area (Å²) in [7, 11) is 0. The Morgan fingerprint density at radius 1 is 1.00 bits per heavy atom. The van der Waals surface area contributed by atoms with E-state index in [9.17, 15) is 4.79 Å². The third-order valence-corrected chi connectivity index (χ3v) is 4.39. The third-order valence-electron chi connectivity index (χ3n) is 4.39. The number of nitrogens with zero attached hydrogens (tertiary/aromatic N) is 3. The fourth-order valence-corrected chi connectivity index (χ4v) is 3.02. The normalized spacial score (nSPS) is 10.8. The van der Waals surface area contributed by atoms with Gasteiger partial charge in [0, 0.05) is 31.9 Å². The Bertz CT molecular complexity index is 662. The van der Waals surface area contributed by atoms with Crippen LogP contribution in [0, 0.1) is 0 Å². The summed E-state index contributed by atoms with van der Waals surface area (Å²) in [5, 5.41) is 0. The molecule has 0 radical (unpaired) electrons. The maximum Gasteiger partial charge on any atom is 0.255 e. The van der Waals surface area contributed by atoms with Gasteiger partial charge in [-0.1, -0.05) is 44.2 Å². The van der Waals surface area contributed by atoms with Crippen LogP contribution in [0.25, 0.3) is 0 Å². The van der Waals surface area contributed by atoms with E-state index >= 15 is 0 Å². The zero-order chi connectivity index (χ0) is 18.9. The SMILES string of the molecule is CCCN(CCC)c1ccc(C(=O)N(Cc2ccccc2)C(C)C)cn1. The van der Waals surface area contributed by atoms with Crippen LogP contribution in [0.4, 0.5) is 5.82 Å². The van der Waals surface area contributed by atoms with Gasteiger partial charge >= 0.3 is 0 Å². The molecule has 0 aliphatic rings. The molecule has 1 aromatic heterocycles. The van der Waals surface area contributed by atoms with Crippen molar-refractivity contribution < 1.29 is 4.79 Å². The molecule has 0 saturated carbocycles. The van der Waals surface area contributed by atoms with Crippen LogP contribution in [0.5, 0.6) is 0 Å². The highest BCUT2D eigenvalue weighted by Gasteiger charge is 2.20. The first-order valence-corrected chi connectivity index (χ1v) is 9.62. The predicted molar refractivity (Wildman–Crippen MR) is 108 cm³/mol. The molecule has 26 heavy (non-hydrogen) atoms. The number of carbonyl (C=O) groups is 1. The first-order valence-electron chi connectivity index (χ1n) is 9.62. The Labute approximate surface area is 157 Å². The molecule has 0 spiro atoms. The lowest BCUT2D eigenvalue weighted by molar-refractivity contribution is 0.0690. The van der Waals surface area contributed by atoms with E-state index in [-0.39, 0.29) is 11.9 Å². The van der Waals surface area contributed by atoms with Crippen molar-refractivity contribution in [3.8, 4) is 0 Å². The summed E-state index contributed by atoms with van der Waals surface area (Å²) in [6, 6.07) is 14.1. The van der Waals surface area contributed by atoms with E-state index in [0.29, 0.717) is 12.1 Å². The fourth-order valence-electron chi connectivity index (χ4n) is 3.02. The minimum atomic E-state index is 0.0282. The number of carbonyl (C=O) groups excluding carboxylic acids is 1. The van der Waals surface area contributed by atoms with Crippen molar-refractivity contribution in [1.82, 2.24) is 9.88 Å². The molecular formula is C22H31N3O. The van der Waals surface area contributed by atoms with Gasteiger partial charge < -0.3 is 9.80 Å². The van der Waals surface area contributed by atoms with Crippen molar-refractivity contribution in [3.63, 3.8) is 0 Å². The van der Waals surface area contributed by atoms with Crippen molar-refractivity contribution in [3.05, 3.63) is 59.8 Å². The van der Waals surface area contributed by atoms with Crippen LogP contribution in [-0.4, -0.2) is 34.9 Å². The molecule has 0 aliphatic carbocycles. The number of aromatic nitrogens is 1. The molecule has 4 heteroatoms. The Hall–Kier alpha value is -2.36. The quantitative estimate of drug-likeness (QED) is 0.652. The van der Waals surface area contributed by atoms with Crippen molar-refractivity contribution in [1.29, 1.82) is 0 Å². The van der Waals surface area contributed by atoms with Crippen molar-refractivity contribution >= 4 is 11.7 Å². The third kappa shape index (κ3) is 5.32. The minimum Gasteiger partial charge on any atom is -0.357 e. The second kappa shape index (κ2) is 9.95. The molecule has 2 rings (SSSR count). The van der Waals surface area contributed by atoms with Gasteiger partial charge in [0.05, 0.1) is 5.56 Å². The molecule has 1 aromatic carbocycles. The summed E-state index contributed by atoms with van der Waals surface area (Å²) in [6.45, 7) is 11.0. The molecule has 0 bridgehead atoms. The van der Waals surface area contributed by atoms with Gasteiger partial charge in [0.25, 0.3) is 5.91 Å². The molecule has 4 nitrogen and oxygen atoms in total. The summed E-state index contributed by atoms with van der Waals surface area (Å²) in [6.07, 6.45) is 3.89. The topological polar surface area (TPSA) is 36.4 Å². The van der Waals surface area contributed by atoms with Crippen LogP contribution >= 0.6 is 0 Å². The van der Waals surface area contributed by atoms with Gasteiger partial charge in [0.15, 0.2) is 0 Å². The Balaban J connectivity index is 2.15. The monoisotopic (exact) mass is 353 g/mol. The molecule has 0 unspecified atom stereocenters. The Morgan fingerprint density at radius 3 is 2.15 bits per heavy atom. The zero-order valence-electron chi connectivity index (χ0n) is 16.5. The molecular weight excluding hydrogens is 322 g/mol. The van der Waals surface area contributed by atoms with E-state index in [2.05, 4.69) is 35.9 Å². The maximum absolute atomic E-state index is 13.0. The average Bonchev–Trinajstić information content (AvgIpc) is 2.66. The van der Waals surface area contributed by atoms with Crippen LogP contribution < -0.4 is 4.90 Å². The van der Waals surface area contributed by atoms with Crippen molar-refractivity contribution in [2.45, 2.75) is 53.1 Å². The van der Waals surface area contributed by atoms with E-state index in [1.54, 1.807) is 6.20 Å². The van der Waals surface area contributed by atoms with Crippen LogP contribution in [0.15, 0.2) is 48.7 Å². The van der Waals surface area contributed by atoms with Crippen LogP contribution in [-0.2, 0) is 6.54 Å². The standard InChI is InChI=1S/C22H31N3O/c1-5-14-24(15-6-2)21-13-12-20(16-23-21)22(26)25(18(3)4)17-19-10-8-7-9-11-19/h7-13,16,18H,5-6,14-15,17H2,1-4H3. The molecule has 2 aromatic rings. The van der Waals surface area contributed by atoms with Gasteiger partial charge in [0.1, 0.15) is 5.82 Å². The summed E-state index contributed by atoms with van der Waals surface area (Å²) in [5.74, 6) is 0.977. The highest BCUT2D eigenvalue weighted by atomic mass is 16.2. The summed E-state index contributed by atoms with van der Waals surface area (Å²) in [5.41, 5.74) is 1.78. The average molecular weight is 354 g/mol. The maximum atomic E-state index is 13.0. The molecule has 0 aliphatic heterocycles. The van der Waals surface area contributed by atoms with E-state index in [1.165, 1.54) is 0 Å². The number of pyridine rings is 1. The first kappa shape index (κ1) is 20.0. The van der Waals surface area contributed by atoms with Crippen molar-refractivity contribution in [2.24, 2.45) is 0 Å². The van der Waals surface area contributed by atoms with Crippen LogP contribution in [0.2, 0.25) is 0 Å². The lowest BCUT2D eigenvalue weighted by atomic mass is 10.1. The number of hydrogen-bond acceptors (Lipinski definition) is 3. The minimum absolute atomic E-state index is 0.0282. The Kier molecular flexibility index (Phi) is 7.64. The van der Waals surface area contributed by atoms with Gasteiger partial charge in [-0.25, -0.2) is 4.98 Å². The molecule has 0 fully saturated rings. The van der Waals surface area contributed by atoms with Gasteiger partial charge in [-0.2, -0.15) is 0 Å².